The Bertz CT molecular complexity index is 993. The fourth-order valence-electron chi connectivity index (χ4n) is 3.98. The zero-order valence-electron chi connectivity index (χ0n) is 18.6. The highest BCUT2D eigenvalue weighted by atomic mass is 16.2. The molecular weight excluding hydrogens is 404 g/mol. The molecule has 4 amide bonds. The second-order valence-corrected chi connectivity index (χ2v) is 9.03. The first-order valence-corrected chi connectivity index (χ1v) is 11.2. The molecule has 2 aliphatic rings. The maximum Gasteiger partial charge on any atom is 0.319 e. The molecule has 7 nitrogen and oxygen atoms in total. The van der Waals surface area contributed by atoms with E-state index < -0.39 is 5.41 Å². The summed E-state index contributed by atoms with van der Waals surface area (Å²) in [7, 11) is 0. The molecule has 1 saturated heterocycles. The number of carbonyl (C=O) groups excluding carboxylic acids is 3. The monoisotopic (exact) mass is 434 g/mol. The van der Waals surface area contributed by atoms with Gasteiger partial charge >= 0.3 is 6.03 Å². The van der Waals surface area contributed by atoms with Gasteiger partial charge in [-0.1, -0.05) is 36.4 Å². The first kappa shape index (κ1) is 21.9. The zero-order chi connectivity index (χ0) is 22.7. The van der Waals surface area contributed by atoms with Crippen molar-refractivity contribution in [2.24, 2.45) is 0 Å². The number of urea groups is 1. The highest BCUT2D eigenvalue weighted by molar-refractivity contribution is 5.97. The molecule has 0 radical (unpaired) electrons. The van der Waals surface area contributed by atoms with E-state index in [-0.39, 0.29) is 23.9 Å². The van der Waals surface area contributed by atoms with Gasteiger partial charge in [-0.05, 0) is 50.5 Å². The zero-order valence-corrected chi connectivity index (χ0v) is 18.6. The van der Waals surface area contributed by atoms with Crippen LogP contribution in [0.15, 0.2) is 54.6 Å². The van der Waals surface area contributed by atoms with Gasteiger partial charge in [-0.15, -0.1) is 0 Å². The first-order chi connectivity index (χ1) is 15.3. The highest BCUT2D eigenvalue weighted by Crippen LogP contribution is 2.26. The standard InChI is InChI=1S/C25H30N4O3/c1-25(2,19-8-4-3-5-9-19)23(31)29-15-13-28(14-16-29)22(30)18-7-6-10-21(17-18)27-24(32)26-20-11-12-20/h3-10,17,20H,11-16H2,1-2H3,(H2,26,27,32). The Kier molecular flexibility index (Phi) is 6.17. The smallest absolute Gasteiger partial charge is 0.319 e. The van der Waals surface area contributed by atoms with Crippen molar-refractivity contribution in [2.75, 3.05) is 31.5 Å². The summed E-state index contributed by atoms with van der Waals surface area (Å²) in [5.41, 5.74) is 1.48. The molecule has 0 unspecified atom stereocenters. The second-order valence-electron chi connectivity index (χ2n) is 9.03. The van der Waals surface area contributed by atoms with Gasteiger partial charge in [-0.3, -0.25) is 9.59 Å². The lowest BCUT2D eigenvalue weighted by Crippen LogP contribution is -2.54. The molecule has 0 aromatic heterocycles. The number of rotatable bonds is 5. The number of hydrogen-bond acceptors (Lipinski definition) is 3. The van der Waals surface area contributed by atoms with Crippen molar-refractivity contribution < 1.29 is 14.4 Å². The fourth-order valence-corrected chi connectivity index (χ4v) is 3.98. The fraction of sp³-hybridized carbons (Fsp3) is 0.400. The minimum absolute atomic E-state index is 0.0728. The van der Waals surface area contributed by atoms with E-state index >= 15 is 0 Å². The van der Waals surface area contributed by atoms with Crippen molar-refractivity contribution in [1.82, 2.24) is 15.1 Å². The van der Waals surface area contributed by atoms with Gasteiger partial charge in [0.25, 0.3) is 5.91 Å². The predicted molar refractivity (Wildman–Crippen MR) is 124 cm³/mol. The van der Waals surface area contributed by atoms with Gasteiger partial charge in [-0.25, -0.2) is 4.79 Å². The van der Waals surface area contributed by atoms with Gasteiger partial charge in [0.05, 0.1) is 5.41 Å². The number of carbonyl (C=O) groups is 3. The van der Waals surface area contributed by atoms with Gasteiger partial charge < -0.3 is 20.4 Å². The van der Waals surface area contributed by atoms with Gasteiger partial charge in [-0.2, -0.15) is 0 Å². The molecule has 1 aliphatic carbocycles. The molecular formula is C25H30N4O3. The molecule has 168 valence electrons. The van der Waals surface area contributed by atoms with E-state index in [9.17, 15) is 14.4 Å². The van der Waals surface area contributed by atoms with Crippen molar-refractivity contribution in [2.45, 2.75) is 38.1 Å². The van der Waals surface area contributed by atoms with Crippen LogP contribution in [0.1, 0.15) is 42.6 Å². The number of hydrogen-bond donors (Lipinski definition) is 2. The van der Waals surface area contributed by atoms with Crippen LogP contribution in [0, 0.1) is 0 Å². The highest BCUT2D eigenvalue weighted by Gasteiger charge is 2.35. The van der Waals surface area contributed by atoms with Crippen molar-refractivity contribution in [3.8, 4) is 0 Å². The number of nitrogens with one attached hydrogen (secondary N) is 2. The van der Waals surface area contributed by atoms with Gasteiger partial charge in [0.1, 0.15) is 0 Å². The van der Waals surface area contributed by atoms with Crippen LogP contribution < -0.4 is 10.6 Å². The van der Waals surface area contributed by atoms with E-state index in [0.29, 0.717) is 37.4 Å². The molecule has 7 heteroatoms. The predicted octanol–water partition coefficient (Wildman–Crippen LogP) is 3.23. The summed E-state index contributed by atoms with van der Waals surface area (Å²) in [6.07, 6.45) is 2.03. The van der Waals surface area contributed by atoms with E-state index in [1.165, 1.54) is 0 Å². The summed E-state index contributed by atoms with van der Waals surface area (Å²) in [5.74, 6) is -0.0191. The number of piperazine rings is 1. The van der Waals surface area contributed by atoms with Crippen LogP contribution in [0.2, 0.25) is 0 Å². The molecule has 0 spiro atoms. The Hall–Kier alpha value is -3.35. The minimum Gasteiger partial charge on any atom is -0.338 e. The summed E-state index contributed by atoms with van der Waals surface area (Å²) >= 11 is 0. The lowest BCUT2D eigenvalue weighted by Gasteiger charge is -2.38. The number of nitrogens with zero attached hydrogens (tertiary/aromatic N) is 2. The van der Waals surface area contributed by atoms with Gasteiger partial charge in [0.15, 0.2) is 0 Å². The van der Waals surface area contributed by atoms with E-state index in [4.69, 9.17) is 0 Å². The van der Waals surface area contributed by atoms with Crippen molar-refractivity contribution in [3.05, 3.63) is 65.7 Å². The number of anilines is 1. The summed E-state index contributed by atoms with van der Waals surface area (Å²) in [6, 6.07) is 16.8. The Morgan fingerprint density at radius 2 is 1.53 bits per heavy atom. The lowest BCUT2D eigenvalue weighted by atomic mass is 9.83. The Morgan fingerprint density at radius 3 is 2.19 bits per heavy atom. The molecule has 0 atom stereocenters. The van der Waals surface area contributed by atoms with Crippen LogP contribution in [0.25, 0.3) is 0 Å². The van der Waals surface area contributed by atoms with Crippen molar-refractivity contribution in [3.63, 3.8) is 0 Å². The first-order valence-electron chi connectivity index (χ1n) is 11.2. The maximum absolute atomic E-state index is 13.2. The van der Waals surface area contributed by atoms with Crippen molar-refractivity contribution >= 4 is 23.5 Å². The molecule has 1 aliphatic heterocycles. The van der Waals surface area contributed by atoms with Crippen LogP contribution >= 0.6 is 0 Å². The largest absolute Gasteiger partial charge is 0.338 e. The van der Waals surface area contributed by atoms with Crippen LogP contribution in [-0.4, -0.2) is 59.9 Å². The Balaban J connectivity index is 1.35. The third-order valence-electron chi connectivity index (χ3n) is 6.16. The summed E-state index contributed by atoms with van der Waals surface area (Å²) < 4.78 is 0. The topological polar surface area (TPSA) is 81.8 Å². The molecule has 2 fully saturated rings. The molecule has 2 aromatic carbocycles. The number of amides is 4. The van der Waals surface area contributed by atoms with Crippen LogP contribution in [0.5, 0.6) is 0 Å². The summed E-state index contributed by atoms with van der Waals surface area (Å²) in [4.78, 5) is 41.8. The van der Waals surface area contributed by atoms with E-state index in [2.05, 4.69) is 10.6 Å². The summed E-state index contributed by atoms with van der Waals surface area (Å²) in [5, 5.41) is 5.66. The second kappa shape index (κ2) is 9.02. The molecule has 1 heterocycles. The molecule has 2 aromatic rings. The summed E-state index contributed by atoms with van der Waals surface area (Å²) in [6.45, 7) is 5.86. The molecule has 4 rings (SSSR count). The quantitative estimate of drug-likeness (QED) is 0.758. The Morgan fingerprint density at radius 1 is 0.875 bits per heavy atom. The SMILES string of the molecule is CC(C)(C(=O)N1CCN(C(=O)c2cccc(NC(=O)NC3CC3)c2)CC1)c1ccccc1. The van der Waals surface area contributed by atoms with E-state index in [1.54, 1.807) is 29.2 Å². The average molecular weight is 435 g/mol. The van der Waals surface area contributed by atoms with Crippen LogP contribution in [-0.2, 0) is 10.2 Å². The lowest BCUT2D eigenvalue weighted by molar-refractivity contribution is -0.137. The van der Waals surface area contributed by atoms with E-state index in [0.717, 1.165) is 18.4 Å². The maximum atomic E-state index is 13.2. The molecule has 1 saturated carbocycles. The van der Waals surface area contributed by atoms with E-state index in [1.807, 2.05) is 49.1 Å². The van der Waals surface area contributed by atoms with Crippen molar-refractivity contribution in [1.29, 1.82) is 0 Å². The number of benzene rings is 2. The molecule has 0 bridgehead atoms. The average Bonchev–Trinajstić information content (AvgIpc) is 3.62. The van der Waals surface area contributed by atoms with Gasteiger partial charge in [0, 0.05) is 43.5 Å². The Labute approximate surface area is 188 Å². The van der Waals surface area contributed by atoms with Gasteiger partial charge in [0.2, 0.25) is 5.91 Å². The van der Waals surface area contributed by atoms with Crippen LogP contribution in [0.4, 0.5) is 10.5 Å². The molecule has 2 N–H and O–H groups in total. The third kappa shape index (κ3) is 4.93. The van der Waals surface area contributed by atoms with Crippen LogP contribution in [0.3, 0.4) is 0 Å². The third-order valence-corrected chi connectivity index (χ3v) is 6.16. The normalized spacial score (nSPS) is 16.4. The molecule has 32 heavy (non-hydrogen) atoms. The minimum atomic E-state index is -0.617.